The van der Waals surface area contributed by atoms with Crippen LogP contribution in [0.5, 0.6) is 0 Å². The highest BCUT2D eigenvalue weighted by molar-refractivity contribution is 5.91. The van der Waals surface area contributed by atoms with Crippen LogP contribution in [0.1, 0.15) is 26.2 Å². The molecule has 12 heteroatoms. The summed E-state index contributed by atoms with van der Waals surface area (Å²) in [5.41, 5.74) is 2.90. The van der Waals surface area contributed by atoms with E-state index in [9.17, 15) is 27.9 Å². The predicted octanol–water partition coefficient (Wildman–Crippen LogP) is -0.0757. The van der Waals surface area contributed by atoms with Gasteiger partial charge in [-0.25, -0.2) is 14.0 Å². The first-order valence-electron chi connectivity index (χ1n) is 8.36. The molecule has 27 heavy (non-hydrogen) atoms. The second-order valence-corrected chi connectivity index (χ2v) is 6.29. The largest absolute Gasteiger partial charge is 0.463 e. The Balaban J connectivity index is 2.18. The minimum atomic E-state index is -4.00. The first kappa shape index (κ1) is 21.4. The maximum atomic E-state index is 14.4. The molecular weight excluding hydrogens is 375 g/mol. The molecule has 1 saturated heterocycles. The van der Waals surface area contributed by atoms with Gasteiger partial charge in [0.05, 0.1) is 13.2 Å². The lowest BCUT2D eigenvalue weighted by molar-refractivity contribution is -0.154. The molecule has 4 atom stereocenters. The molecule has 0 aromatic carbocycles. The van der Waals surface area contributed by atoms with Crippen LogP contribution in [0.2, 0.25) is 0 Å². The van der Waals surface area contributed by atoms with Gasteiger partial charge in [-0.1, -0.05) is 19.8 Å². The van der Waals surface area contributed by atoms with Crippen molar-refractivity contribution >= 4 is 12.0 Å². The van der Waals surface area contributed by atoms with Gasteiger partial charge < -0.3 is 25.0 Å². The van der Waals surface area contributed by atoms with E-state index in [2.05, 4.69) is 0 Å². The molecule has 0 saturated carbocycles. The van der Waals surface area contributed by atoms with Crippen LogP contribution in [0.3, 0.4) is 0 Å². The van der Waals surface area contributed by atoms with Crippen LogP contribution in [0.15, 0.2) is 12.0 Å². The normalized spacial score (nSPS) is 32.9. The van der Waals surface area contributed by atoms with Gasteiger partial charge in [0, 0.05) is 6.20 Å². The number of alkyl halides is 2. The zero-order chi connectivity index (χ0) is 20.4. The van der Waals surface area contributed by atoms with Crippen molar-refractivity contribution < 1.29 is 42.4 Å². The number of aliphatic hydroxyl groups excluding tert-OH is 2. The van der Waals surface area contributed by atoms with E-state index in [0.29, 0.717) is 6.42 Å². The van der Waals surface area contributed by atoms with Crippen molar-refractivity contribution in [1.29, 1.82) is 0 Å². The smallest absolute Gasteiger partial charge is 0.354 e. The summed E-state index contributed by atoms with van der Waals surface area (Å²) in [6, 6.07) is -1.36. The van der Waals surface area contributed by atoms with Crippen molar-refractivity contribution in [2.75, 3.05) is 13.2 Å². The number of halogens is 3. The van der Waals surface area contributed by atoms with E-state index >= 15 is 0 Å². The molecule has 0 spiro atoms. The maximum Gasteiger partial charge on any atom is 0.354 e. The topological polar surface area (TPSA) is 134 Å². The fourth-order valence-electron chi connectivity index (χ4n) is 2.65. The zero-order valence-electron chi connectivity index (χ0n) is 14.5. The van der Waals surface area contributed by atoms with Gasteiger partial charge in [0.2, 0.25) is 11.9 Å². The van der Waals surface area contributed by atoms with Crippen LogP contribution in [0.4, 0.5) is 18.0 Å². The van der Waals surface area contributed by atoms with E-state index in [1.807, 2.05) is 6.92 Å². The molecule has 1 fully saturated rings. The molecule has 9 nitrogen and oxygen atoms in total. The van der Waals surface area contributed by atoms with Gasteiger partial charge in [-0.3, -0.25) is 10.6 Å². The Morgan fingerprint density at radius 2 is 2.15 bits per heavy atom. The molecule has 0 radical (unpaired) electrons. The summed E-state index contributed by atoms with van der Waals surface area (Å²) in [4.78, 5) is 24.3. The molecule has 2 aliphatic heterocycles. The third kappa shape index (κ3) is 3.88. The first-order chi connectivity index (χ1) is 12.6. The minimum Gasteiger partial charge on any atom is -0.463 e. The fraction of sp³-hybridized carbons (Fsp3) is 0.733. The first-order valence-corrected chi connectivity index (χ1v) is 8.36. The van der Waals surface area contributed by atoms with Crippen LogP contribution in [0, 0.1) is 0 Å². The van der Waals surface area contributed by atoms with Crippen molar-refractivity contribution in [1.82, 2.24) is 10.2 Å². The maximum absolute atomic E-state index is 14.4. The van der Waals surface area contributed by atoms with Crippen LogP contribution >= 0.6 is 0 Å². The van der Waals surface area contributed by atoms with Gasteiger partial charge in [0.1, 0.15) is 6.10 Å². The van der Waals surface area contributed by atoms with E-state index < -0.39 is 54.5 Å². The number of carbonyl (C=O) groups excluding carboxylic acids is 2. The summed E-state index contributed by atoms with van der Waals surface area (Å²) in [5, 5.41) is 20.3. The summed E-state index contributed by atoms with van der Waals surface area (Å²) < 4.78 is 52.3. The van der Waals surface area contributed by atoms with Crippen LogP contribution in [-0.4, -0.2) is 70.3 Å². The number of esters is 1. The summed E-state index contributed by atoms with van der Waals surface area (Å²) in [5.74, 6) is -6.74. The standard InChI is InChI=1S/C15H22F3N3O6/c1-2-3-4-5-26-12(24)15(19)9(16)6-21(13(25)20-15)11-14(17,18)10(23)8(7-22)27-11/h6,8,10-11,22-23H,2-5,7,19H2,1H3,(H,20,25)/t8-,10-,11-,15?/m1/s1. The Hall–Kier alpha value is -1.89. The Bertz CT molecular complexity index is 620. The molecule has 2 heterocycles. The second kappa shape index (κ2) is 8.00. The van der Waals surface area contributed by atoms with E-state index in [-0.39, 0.29) is 17.7 Å². The number of nitrogens with zero attached hydrogens (tertiary/aromatic N) is 1. The quantitative estimate of drug-likeness (QED) is 0.349. The Morgan fingerprint density at radius 3 is 2.70 bits per heavy atom. The third-order valence-electron chi connectivity index (χ3n) is 4.28. The monoisotopic (exact) mass is 397 g/mol. The molecular formula is C15H22F3N3O6. The average Bonchev–Trinajstić information content (AvgIpc) is 2.84. The number of unbranched alkanes of at least 4 members (excludes halogenated alkanes) is 2. The van der Waals surface area contributed by atoms with E-state index in [4.69, 9.17) is 20.3 Å². The number of carbonyl (C=O) groups is 2. The highest BCUT2D eigenvalue weighted by Crippen LogP contribution is 2.39. The fourth-order valence-corrected chi connectivity index (χ4v) is 2.65. The van der Waals surface area contributed by atoms with Gasteiger partial charge in [-0.2, -0.15) is 8.78 Å². The molecule has 2 amide bonds. The average molecular weight is 397 g/mol. The molecule has 1 unspecified atom stereocenters. The number of amides is 2. The predicted molar refractivity (Wildman–Crippen MR) is 83.7 cm³/mol. The van der Waals surface area contributed by atoms with Crippen LogP contribution in [-0.2, 0) is 14.3 Å². The Morgan fingerprint density at radius 1 is 1.48 bits per heavy atom. The highest BCUT2D eigenvalue weighted by atomic mass is 19.3. The Kier molecular flexibility index (Phi) is 6.35. The van der Waals surface area contributed by atoms with Gasteiger partial charge in [0.15, 0.2) is 11.9 Å². The van der Waals surface area contributed by atoms with Crippen molar-refractivity contribution in [3.05, 3.63) is 12.0 Å². The van der Waals surface area contributed by atoms with Crippen LogP contribution in [0.25, 0.3) is 0 Å². The number of urea groups is 1. The molecule has 0 aliphatic carbocycles. The Labute approximate surface area is 152 Å². The van der Waals surface area contributed by atoms with Gasteiger partial charge in [-0.15, -0.1) is 0 Å². The van der Waals surface area contributed by atoms with Crippen molar-refractivity contribution in [3.8, 4) is 0 Å². The lowest BCUT2D eigenvalue weighted by atomic mass is 10.1. The van der Waals surface area contributed by atoms with Crippen molar-refractivity contribution in [2.24, 2.45) is 5.73 Å². The SMILES string of the molecule is CCCCCOC(=O)C1(N)NC(=O)N([C@@H]2O[C@H](CO)[C@@H](O)C2(F)F)C=C1F. The zero-order valence-corrected chi connectivity index (χ0v) is 14.5. The van der Waals surface area contributed by atoms with Crippen molar-refractivity contribution in [3.63, 3.8) is 0 Å². The summed E-state index contributed by atoms with van der Waals surface area (Å²) >= 11 is 0. The van der Waals surface area contributed by atoms with E-state index in [1.54, 1.807) is 5.32 Å². The van der Waals surface area contributed by atoms with Gasteiger partial charge >= 0.3 is 17.9 Å². The summed E-state index contributed by atoms with van der Waals surface area (Å²) in [6.45, 7) is 0.927. The summed E-state index contributed by atoms with van der Waals surface area (Å²) in [7, 11) is 0. The molecule has 5 N–H and O–H groups in total. The third-order valence-corrected chi connectivity index (χ3v) is 4.28. The number of nitrogens with one attached hydrogen (secondary N) is 1. The number of ether oxygens (including phenoxy) is 2. The molecule has 2 rings (SSSR count). The molecule has 0 aromatic rings. The number of nitrogens with two attached hydrogens (primary N) is 1. The highest BCUT2D eigenvalue weighted by Gasteiger charge is 2.62. The number of aliphatic hydroxyl groups is 2. The summed E-state index contributed by atoms with van der Waals surface area (Å²) in [6.07, 6.45) is -4.09. The van der Waals surface area contributed by atoms with Gasteiger partial charge in [-0.05, 0) is 6.42 Å². The molecule has 0 aromatic heterocycles. The lowest BCUT2D eigenvalue weighted by Crippen LogP contribution is -2.69. The number of hydrogen-bond donors (Lipinski definition) is 4. The van der Waals surface area contributed by atoms with E-state index in [1.165, 1.54) is 0 Å². The van der Waals surface area contributed by atoms with Gasteiger partial charge in [0.25, 0.3) is 0 Å². The van der Waals surface area contributed by atoms with Crippen molar-refractivity contribution in [2.45, 2.75) is 56.2 Å². The number of rotatable bonds is 7. The minimum absolute atomic E-state index is 0.0489. The molecule has 154 valence electrons. The number of hydrogen-bond acceptors (Lipinski definition) is 7. The molecule has 0 bridgehead atoms. The molecule has 2 aliphatic rings. The van der Waals surface area contributed by atoms with Crippen LogP contribution < -0.4 is 11.1 Å². The van der Waals surface area contributed by atoms with E-state index in [0.717, 1.165) is 12.8 Å². The second-order valence-electron chi connectivity index (χ2n) is 6.29. The lowest BCUT2D eigenvalue weighted by Gasteiger charge is -2.37.